The summed E-state index contributed by atoms with van der Waals surface area (Å²) in [5.41, 5.74) is 4.34. The Morgan fingerprint density at radius 3 is 2.60 bits per heavy atom. The van der Waals surface area contributed by atoms with Crippen molar-refractivity contribution in [2.24, 2.45) is 0 Å². The van der Waals surface area contributed by atoms with Crippen LogP contribution in [0.15, 0.2) is 41.1 Å². The minimum atomic E-state index is 0.789. The fraction of sp³-hybridized carbons (Fsp3) is 0.412. The van der Waals surface area contributed by atoms with E-state index in [1.165, 1.54) is 29.5 Å². The van der Waals surface area contributed by atoms with Crippen LogP contribution < -0.4 is 5.32 Å². The van der Waals surface area contributed by atoms with E-state index < -0.39 is 0 Å². The largest absolute Gasteiger partial charge is 0.316 e. The smallest absolute Gasteiger partial charge is 0.0248 e. The van der Waals surface area contributed by atoms with Crippen molar-refractivity contribution in [2.75, 3.05) is 7.05 Å². The van der Waals surface area contributed by atoms with Crippen molar-refractivity contribution in [2.45, 2.75) is 38.5 Å². The summed E-state index contributed by atoms with van der Waals surface area (Å²) < 4.78 is 0. The number of rotatable bonds is 7. The molecule has 1 saturated carbocycles. The summed E-state index contributed by atoms with van der Waals surface area (Å²) in [7, 11) is 2.01. The van der Waals surface area contributed by atoms with Crippen molar-refractivity contribution in [3.05, 3.63) is 57.8 Å². The van der Waals surface area contributed by atoms with Crippen LogP contribution in [0.2, 0.25) is 0 Å². The highest BCUT2D eigenvalue weighted by Gasteiger charge is 2.29. The van der Waals surface area contributed by atoms with Gasteiger partial charge in [-0.2, -0.15) is 11.3 Å². The molecule has 1 aliphatic carbocycles. The Hall–Kier alpha value is -1.16. The Labute approximate surface area is 125 Å². The summed E-state index contributed by atoms with van der Waals surface area (Å²) >= 11 is 1.79. The van der Waals surface area contributed by atoms with Crippen molar-refractivity contribution >= 4 is 11.3 Å². The van der Waals surface area contributed by atoms with Crippen LogP contribution in [-0.2, 0) is 19.6 Å². The van der Waals surface area contributed by atoms with E-state index in [1.807, 2.05) is 7.05 Å². The van der Waals surface area contributed by atoms with Gasteiger partial charge in [0.25, 0.3) is 0 Å². The Morgan fingerprint density at radius 1 is 1.15 bits per heavy atom. The molecule has 0 spiro atoms. The molecule has 2 nitrogen and oxygen atoms in total. The van der Waals surface area contributed by atoms with E-state index in [9.17, 15) is 0 Å². The molecule has 1 heterocycles. The van der Waals surface area contributed by atoms with E-state index in [1.54, 1.807) is 11.3 Å². The first-order valence-electron chi connectivity index (χ1n) is 7.33. The Bertz CT molecular complexity index is 532. The summed E-state index contributed by atoms with van der Waals surface area (Å²) in [4.78, 5) is 2.64. The van der Waals surface area contributed by atoms with Gasteiger partial charge in [0, 0.05) is 25.7 Å². The molecule has 0 bridgehead atoms. The van der Waals surface area contributed by atoms with Crippen LogP contribution in [0, 0.1) is 0 Å². The van der Waals surface area contributed by atoms with Gasteiger partial charge in [-0.1, -0.05) is 24.3 Å². The maximum atomic E-state index is 3.27. The number of hydrogen-bond donors (Lipinski definition) is 1. The first-order valence-corrected chi connectivity index (χ1v) is 8.27. The van der Waals surface area contributed by atoms with Crippen LogP contribution in [0.3, 0.4) is 0 Å². The van der Waals surface area contributed by atoms with Crippen LogP contribution in [0.5, 0.6) is 0 Å². The number of nitrogens with one attached hydrogen (secondary N) is 1. The van der Waals surface area contributed by atoms with Crippen LogP contribution in [0.4, 0.5) is 0 Å². The van der Waals surface area contributed by atoms with E-state index in [-0.39, 0.29) is 0 Å². The molecule has 1 fully saturated rings. The van der Waals surface area contributed by atoms with E-state index in [0.717, 1.165) is 25.7 Å². The molecule has 1 aliphatic rings. The third-order valence-corrected chi connectivity index (χ3v) is 4.62. The average molecular weight is 286 g/mol. The number of nitrogens with zero attached hydrogens (tertiary/aromatic N) is 1. The zero-order chi connectivity index (χ0) is 13.8. The van der Waals surface area contributed by atoms with Crippen molar-refractivity contribution in [1.29, 1.82) is 0 Å². The van der Waals surface area contributed by atoms with Gasteiger partial charge in [-0.25, -0.2) is 0 Å². The maximum absolute atomic E-state index is 3.27. The van der Waals surface area contributed by atoms with Gasteiger partial charge < -0.3 is 5.32 Å². The van der Waals surface area contributed by atoms with Crippen LogP contribution in [0.1, 0.15) is 29.5 Å². The Kier molecular flexibility index (Phi) is 4.51. The lowest BCUT2D eigenvalue weighted by atomic mass is 10.1. The van der Waals surface area contributed by atoms with Gasteiger partial charge in [0.2, 0.25) is 0 Å². The molecule has 0 unspecified atom stereocenters. The molecule has 3 heteroatoms. The molecule has 0 radical (unpaired) electrons. The fourth-order valence-corrected chi connectivity index (χ4v) is 3.32. The van der Waals surface area contributed by atoms with Crippen molar-refractivity contribution in [1.82, 2.24) is 10.2 Å². The number of benzene rings is 1. The minimum Gasteiger partial charge on any atom is -0.316 e. The van der Waals surface area contributed by atoms with Crippen molar-refractivity contribution in [3.63, 3.8) is 0 Å². The molecule has 1 aromatic carbocycles. The predicted molar refractivity (Wildman–Crippen MR) is 85.8 cm³/mol. The SMILES string of the molecule is CNCc1ccccc1CN(Cc1ccsc1)C1CC1. The van der Waals surface area contributed by atoms with Gasteiger partial charge in [-0.15, -0.1) is 0 Å². The highest BCUT2D eigenvalue weighted by molar-refractivity contribution is 7.07. The van der Waals surface area contributed by atoms with E-state index in [4.69, 9.17) is 0 Å². The lowest BCUT2D eigenvalue weighted by Gasteiger charge is -2.23. The standard InChI is InChI=1S/C17H22N2S/c1-18-10-15-4-2-3-5-16(15)12-19(17-6-7-17)11-14-8-9-20-13-14/h2-5,8-9,13,17-18H,6-7,10-12H2,1H3. The molecule has 0 amide bonds. The Balaban J connectivity index is 1.73. The lowest BCUT2D eigenvalue weighted by Crippen LogP contribution is -2.25. The normalized spacial score (nSPS) is 14.9. The number of thiophene rings is 1. The summed E-state index contributed by atoms with van der Waals surface area (Å²) in [5, 5.41) is 7.72. The summed E-state index contributed by atoms with van der Waals surface area (Å²) in [5.74, 6) is 0. The van der Waals surface area contributed by atoms with E-state index in [2.05, 4.69) is 51.3 Å². The third-order valence-electron chi connectivity index (χ3n) is 3.89. The molecular formula is C17H22N2S. The fourth-order valence-electron chi connectivity index (χ4n) is 2.66. The van der Waals surface area contributed by atoms with Crippen LogP contribution in [-0.4, -0.2) is 18.0 Å². The number of hydrogen-bond acceptors (Lipinski definition) is 3. The Morgan fingerprint density at radius 2 is 1.95 bits per heavy atom. The first-order chi connectivity index (χ1) is 9.86. The molecule has 1 N–H and O–H groups in total. The van der Waals surface area contributed by atoms with Crippen molar-refractivity contribution < 1.29 is 0 Å². The highest BCUT2D eigenvalue weighted by atomic mass is 32.1. The molecule has 0 saturated heterocycles. The highest BCUT2D eigenvalue weighted by Crippen LogP contribution is 2.30. The van der Waals surface area contributed by atoms with Gasteiger partial charge >= 0.3 is 0 Å². The van der Waals surface area contributed by atoms with Gasteiger partial charge in [0.05, 0.1) is 0 Å². The molecule has 3 rings (SSSR count). The first kappa shape index (κ1) is 13.8. The summed E-state index contributed by atoms with van der Waals surface area (Å²) in [6.07, 6.45) is 2.72. The second-order valence-corrected chi connectivity index (χ2v) is 6.35. The van der Waals surface area contributed by atoms with E-state index >= 15 is 0 Å². The second kappa shape index (κ2) is 6.53. The second-order valence-electron chi connectivity index (χ2n) is 5.57. The molecule has 20 heavy (non-hydrogen) atoms. The van der Waals surface area contributed by atoms with E-state index in [0.29, 0.717) is 0 Å². The molecule has 1 aromatic heterocycles. The molecule has 2 aromatic rings. The van der Waals surface area contributed by atoms with Gasteiger partial charge in [0.1, 0.15) is 0 Å². The van der Waals surface area contributed by atoms with Crippen molar-refractivity contribution in [3.8, 4) is 0 Å². The third kappa shape index (κ3) is 3.48. The zero-order valence-corrected chi connectivity index (χ0v) is 12.8. The van der Waals surface area contributed by atoms with Crippen LogP contribution >= 0.6 is 11.3 Å². The van der Waals surface area contributed by atoms with Gasteiger partial charge in [0.15, 0.2) is 0 Å². The minimum absolute atomic E-state index is 0.789. The van der Waals surface area contributed by atoms with Crippen LogP contribution in [0.25, 0.3) is 0 Å². The molecular weight excluding hydrogens is 264 g/mol. The lowest BCUT2D eigenvalue weighted by molar-refractivity contribution is 0.245. The average Bonchev–Trinajstić information content (AvgIpc) is 3.19. The van der Waals surface area contributed by atoms with Gasteiger partial charge in [-0.3, -0.25) is 4.90 Å². The maximum Gasteiger partial charge on any atom is 0.0248 e. The predicted octanol–water partition coefficient (Wildman–Crippen LogP) is 3.63. The summed E-state index contributed by atoms with van der Waals surface area (Å²) in [6, 6.07) is 11.8. The molecule has 0 aliphatic heterocycles. The zero-order valence-electron chi connectivity index (χ0n) is 12.0. The molecule has 0 atom stereocenters. The van der Waals surface area contributed by atoms with Gasteiger partial charge in [-0.05, 0) is 53.4 Å². The summed E-state index contributed by atoms with van der Waals surface area (Å²) in [6.45, 7) is 3.10. The monoisotopic (exact) mass is 286 g/mol. The topological polar surface area (TPSA) is 15.3 Å². The molecule has 106 valence electrons. The quantitative estimate of drug-likeness (QED) is 0.836.